The van der Waals surface area contributed by atoms with Crippen LogP contribution in [0.5, 0.6) is 0 Å². The number of halogens is 3. The lowest BCUT2D eigenvalue weighted by molar-refractivity contribution is -0.141. The molecule has 146 valence electrons. The van der Waals surface area contributed by atoms with Crippen LogP contribution < -0.4 is 5.32 Å². The van der Waals surface area contributed by atoms with E-state index in [4.69, 9.17) is 0 Å². The molecule has 1 aliphatic rings. The number of anilines is 1. The maximum atomic E-state index is 12.9. The second-order valence-corrected chi connectivity index (χ2v) is 8.02. The summed E-state index contributed by atoms with van der Waals surface area (Å²) in [6.07, 6.45) is -1.10. The fraction of sp³-hybridized carbons (Fsp3) is 0.500. The van der Waals surface area contributed by atoms with Crippen molar-refractivity contribution in [2.24, 2.45) is 5.92 Å². The lowest BCUT2D eigenvalue weighted by atomic mass is 9.98. The number of hydrogen-bond acceptors (Lipinski definition) is 5. The summed E-state index contributed by atoms with van der Waals surface area (Å²) in [6, 6.07) is 2.90. The minimum atomic E-state index is -4.42. The van der Waals surface area contributed by atoms with Crippen LogP contribution in [-0.2, 0) is 23.9 Å². The van der Waals surface area contributed by atoms with E-state index in [1.54, 1.807) is 19.2 Å². The van der Waals surface area contributed by atoms with Crippen LogP contribution >= 0.6 is 11.3 Å². The topological polar surface area (TPSA) is 58.1 Å². The molecule has 1 aliphatic heterocycles. The Kier molecular flexibility index (Phi) is 5.81. The van der Waals surface area contributed by atoms with Crippen LogP contribution in [0.25, 0.3) is 0 Å². The van der Waals surface area contributed by atoms with Gasteiger partial charge in [0, 0.05) is 36.8 Å². The van der Waals surface area contributed by atoms with Gasteiger partial charge in [0.1, 0.15) is 5.69 Å². The smallest absolute Gasteiger partial charge is 0.302 e. The van der Waals surface area contributed by atoms with E-state index in [0.717, 1.165) is 30.9 Å². The monoisotopic (exact) mass is 398 g/mol. The number of thiazole rings is 1. The molecule has 0 aliphatic carbocycles. The van der Waals surface area contributed by atoms with E-state index >= 15 is 0 Å². The summed E-state index contributed by atoms with van der Waals surface area (Å²) < 4.78 is 38.8. The molecule has 1 atom stereocenters. The van der Waals surface area contributed by atoms with E-state index < -0.39 is 11.9 Å². The van der Waals surface area contributed by atoms with Gasteiger partial charge in [-0.2, -0.15) is 13.2 Å². The summed E-state index contributed by atoms with van der Waals surface area (Å²) in [5.41, 5.74) is 0.264. The minimum Gasteiger partial charge on any atom is -0.302 e. The molecule has 0 bridgehead atoms. The Morgan fingerprint density at radius 3 is 2.89 bits per heavy atom. The summed E-state index contributed by atoms with van der Waals surface area (Å²) in [5, 5.41) is 3.25. The molecule has 0 spiro atoms. The van der Waals surface area contributed by atoms with Gasteiger partial charge in [-0.1, -0.05) is 0 Å². The number of carbonyl (C=O) groups is 1. The van der Waals surface area contributed by atoms with Gasteiger partial charge in [0.05, 0.1) is 0 Å². The molecule has 5 nitrogen and oxygen atoms in total. The maximum Gasteiger partial charge on any atom is 0.433 e. The third kappa shape index (κ3) is 5.49. The maximum absolute atomic E-state index is 12.9. The van der Waals surface area contributed by atoms with E-state index in [-0.39, 0.29) is 5.91 Å². The van der Waals surface area contributed by atoms with Gasteiger partial charge in [-0.3, -0.25) is 9.69 Å². The van der Waals surface area contributed by atoms with E-state index in [2.05, 4.69) is 20.2 Å². The van der Waals surface area contributed by atoms with Gasteiger partial charge in [0.25, 0.3) is 0 Å². The summed E-state index contributed by atoms with van der Waals surface area (Å²) in [4.78, 5) is 22.2. The summed E-state index contributed by atoms with van der Waals surface area (Å²) >= 11 is 1.44. The van der Waals surface area contributed by atoms with Crippen molar-refractivity contribution < 1.29 is 18.0 Å². The standard InChI is InChI=1S/C18H21F3N4OS/c1-11-5-14(7-16(23-11)18(19,20)21)6-13-3-4-25(9-13)10-15-8-22-17(27-15)24-12(2)26/h5,7-8,13H,3-4,6,9-10H2,1-2H3,(H,22,24,26). The third-order valence-corrected chi connectivity index (χ3v) is 5.31. The Hall–Kier alpha value is -2.00. The molecular weight excluding hydrogens is 377 g/mol. The number of aromatic nitrogens is 2. The Bertz CT molecular complexity index is 821. The van der Waals surface area contributed by atoms with Crippen molar-refractivity contribution in [1.29, 1.82) is 0 Å². The lowest BCUT2D eigenvalue weighted by Crippen LogP contribution is -2.20. The first-order valence-electron chi connectivity index (χ1n) is 8.68. The number of carbonyl (C=O) groups excluding carboxylic acids is 1. The second-order valence-electron chi connectivity index (χ2n) is 6.91. The van der Waals surface area contributed by atoms with Crippen molar-refractivity contribution in [3.8, 4) is 0 Å². The molecule has 2 aromatic rings. The minimum absolute atomic E-state index is 0.150. The van der Waals surface area contributed by atoms with E-state index in [1.165, 1.54) is 24.3 Å². The SMILES string of the molecule is CC(=O)Nc1ncc(CN2CCC(Cc3cc(C)nc(C(F)(F)F)c3)C2)s1. The van der Waals surface area contributed by atoms with Crippen LogP contribution in [0.3, 0.4) is 0 Å². The van der Waals surface area contributed by atoms with Gasteiger partial charge < -0.3 is 5.32 Å². The van der Waals surface area contributed by atoms with Crippen molar-refractivity contribution >= 4 is 22.4 Å². The molecule has 0 saturated carbocycles. The fourth-order valence-corrected chi connectivity index (χ4v) is 4.27. The van der Waals surface area contributed by atoms with E-state index in [9.17, 15) is 18.0 Å². The van der Waals surface area contributed by atoms with Crippen LogP contribution in [0.15, 0.2) is 18.3 Å². The highest BCUT2D eigenvalue weighted by Crippen LogP contribution is 2.30. The molecule has 27 heavy (non-hydrogen) atoms. The van der Waals surface area contributed by atoms with Crippen molar-refractivity contribution in [2.45, 2.75) is 39.4 Å². The van der Waals surface area contributed by atoms with Gasteiger partial charge in [-0.25, -0.2) is 9.97 Å². The zero-order valence-electron chi connectivity index (χ0n) is 15.1. The third-order valence-electron chi connectivity index (χ3n) is 4.41. The van der Waals surface area contributed by atoms with E-state index in [0.29, 0.717) is 28.7 Å². The molecule has 9 heteroatoms. The van der Waals surface area contributed by atoms with Gasteiger partial charge in [0.2, 0.25) is 5.91 Å². The first-order valence-corrected chi connectivity index (χ1v) is 9.50. The molecule has 1 unspecified atom stereocenters. The molecule has 3 rings (SSSR count). The van der Waals surface area contributed by atoms with Crippen molar-refractivity contribution in [2.75, 3.05) is 18.4 Å². The average molecular weight is 398 g/mol. The van der Waals surface area contributed by atoms with Crippen LogP contribution in [0.4, 0.5) is 18.3 Å². The van der Waals surface area contributed by atoms with Crippen molar-refractivity contribution in [3.05, 3.63) is 40.2 Å². The number of likely N-dealkylation sites (tertiary alicyclic amines) is 1. The van der Waals surface area contributed by atoms with Crippen LogP contribution in [-0.4, -0.2) is 33.9 Å². The summed E-state index contributed by atoms with van der Waals surface area (Å²) in [5.74, 6) is 0.165. The number of nitrogens with one attached hydrogen (secondary N) is 1. The number of hydrogen-bond donors (Lipinski definition) is 1. The second kappa shape index (κ2) is 7.93. The zero-order valence-corrected chi connectivity index (χ0v) is 16.0. The number of alkyl halides is 3. The van der Waals surface area contributed by atoms with Crippen LogP contribution in [0.2, 0.25) is 0 Å². The molecule has 0 aromatic carbocycles. The Morgan fingerprint density at radius 2 is 2.19 bits per heavy atom. The Labute approximate surface area is 159 Å². The fourth-order valence-electron chi connectivity index (χ4n) is 3.37. The highest BCUT2D eigenvalue weighted by Gasteiger charge is 2.33. The Morgan fingerprint density at radius 1 is 1.41 bits per heavy atom. The molecule has 1 amide bonds. The van der Waals surface area contributed by atoms with Crippen LogP contribution in [0, 0.1) is 12.8 Å². The number of rotatable bonds is 5. The van der Waals surface area contributed by atoms with E-state index in [1.807, 2.05) is 0 Å². The molecule has 1 fully saturated rings. The first-order chi connectivity index (χ1) is 12.7. The number of aryl methyl sites for hydroxylation is 1. The predicted octanol–water partition coefficient (Wildman–Crippen LogP) is 3.89. The molecule has 1 N–H and O–H groups in total. The molecule has 2 aromatic heterocycles. The number of nitrogens with zero attached hydrogens (tertiary/aromatic N) is 3. The highest BCUT2D eigenvalue weighted by atomic mass is 32.1. The molecule has 0 radical (unpaired) electrons. The van der Waals surface area contributed by atoms with Gasteiger partial charge >= 0.3 is 6.18 Å². The summed E-state index contributed by atoms with van der Waals surface area (Å²) in [7, 11) is 0. The normalized spacial score (nSPS) is 18.0. The van der Waals surface area contributed by atoms with Gasteiger partial charge in [-0.15, -0.1) is 11.3 Å². The Balaban J connectivity index is 1.58. The first kappa shape index (κ1) is 19.8. The molecule has 3 heterocycles. The van der Waals surface area contributed by atoms with Crippen molar-refractivity contribution in [3.63, 3.8) is 0 Å². The quantitative estimate of drug-likeness (QED) is 0.830. The predicted molar refractivity (Wildman–Crippen MR) is 97.5 cm³/mol. The van der Waals surface area contributed by atoms with Gasteiger partial charge in [-0.05, 0) is 49.9 Å². The van der Waals surface area contributed by atoms with Crippen molar-refractivity contribution in [1.82, 2.24) is 14.9 Å². The summed E-state index contributed by atoms with van der Waals surface area (Å²) in [6.45, 7) is 5.49. The van der Waals surface area contributed by atoms with Gasteiger partial charge in [0.15, 0.2) is 5.13 Å². The lowest BCUT2D eigenvalue weighted by Gasteiger charge is -2.15. The number of pyridine rings is 1. The molecular formula is C18H21F3N4OS. The van der Waals surface area contributed by atoms with Crippen LogP contribution in [0.1, 0.15) is 35.2 Å². The average Bonchev–Trinajstić information content (AvgIpc) is 3.15. The zero-order chi connectivity index (χ0) is 19.6. The highest BCUT2D eigenvalue weighted by molar-refractivity contribution is 7.15. The number of amides is 1. The molecule has 1 saturated heterocycles. The largest absolute Gasteiger partial charge is 0.433 e.